The summed E-state index contributed by atoms with van der Waals surface area (Å²) in [7, 11) is 2.13. The Morgan fingerprint density at radius 2 is 2.21 bits per heavy atom. The maximum atomic E-state index is 13.1. The number of thiazole rings is 1. The van der Waals surface area contributed by atoms with Crippen LogP contribution in [0.2, 0.25) is 0 Å². The number of fused-ring (bicyclic) bond motifs is 1. The molecule has 0 fully saturated rings. The number of anilines is 1. The molecule has 2 rings (SSSR count). The van der Waals surface area contributed by atoms with Crippen molar-refractivity contribution in [3.63, 3.8) is 0 Å². The summed E-state index contributed by atoms with van der Waals surface area (Å²) in [6.45, 7) is 6.33. The number of nitrogens with zero attached hydrogens (tertiary/aromatic N) is 2. The van der Waals surface area contributed by atoms with E-state index in [-0.39, 0.29) is 5.82 Å². The average molecular weight is 281 g/mol. The van der Waals surface area contributed by atoms with Crippen LogP contribution in [0.5, 0.6) is 0 Å². The monoisotopic (exact) mass is 281 g/mol. The SMILES string of the molecule is CC(C)N(C)CCCNc1nc2cc(F)ccc2s1. The molecule has 0 aliphatic carbocycles. The zero-order valence-electron chi connectivity index (χ0n) is 11.6. The quantitative estimate of drug-likeness (QED) is 0.820. The highest BCUT2D eigenvalue weighted by Gasteiger charge is 2.05. The zero-order chi connectivity index (χ0) is 13.8. The third kappa shape index (κ3) is 3.88. The predicted molar refractivity (Wildman–Crippen MR) is 80.5 cm³/mol. The number of benzene rings is 1. The van der Waals surface area contributed by atoms with Gasteiger partial charge in [0.05, 0.1) is 10.2 Å². The van der Waals surface area contributed by atoms with Gasteiger partial charge in [0.25, 0.3) is 0 Å². The van der Waals surface area contributed by atoms with E-state index in [1.54, 1.807) is 17.4 Å². The molecule has 0 spiro atoms. The highest BCUT2D eigenvalue weighted by molar-refractivity contribution is 7.22. The molecule has 1 heterocycles. The molecule has 2 aromatic rings. The molecule has 3 nitrogen and oxygen atoms in total. The van der Waals surface area contributed by atoms with Crippen molar-refractivity contribution in [2.75, 3.05) is 25.5 Å². The summed E-state index contributed by atoms with van der Waals surface area (Å²) in [6.07, 6.45) is 1.07. The van der Waals surface area contributed by atoms with Gasteiger partial charge in [0.15, 0.2) is 5.13 Å². The summed E-state index contributed by atoms with van der Waals surface area (Å²) in [5, 5.41) is 4.17. The van der Waals surface area contributed by atoms with Gasteiger partial charge >= 0.3 is 0 Å². The molecule has 0 bridgehead atoms. The fourth-order valence-corrected chi connectivity index (χ4v) is 2.63. The molecule has 0 amide bonds. The molecule has 104 valence electrons. The van der Waals surface area contributed by atoms with Gasteiger partial charge < -0.3 is 10.2 Å². The van der Waals surface area contributed by atoms with Crippen LogP contribution < -0.4 is 5.32 Å². The van der Waals surface area contributed by atoms with Gasteiger partial charge in [0.2, 0.25) is 0 Å². The van der Waals surface area contributed by atoms with Crippen molar-refractivity contribution in [2.45, 2.75) is 26.3 Å². The van der Waals surface area contributed by atoms with Gasteiger partial charge in [-0.3, -0.25) is 0 Å². The predicted octanol–water partition coefficient (Wildman–Crippen LogP) is 3.58. The fraction of sp³-hybridized carbons (Fsp3) is 0.500. The molecule has 0 radical (unpaired) electrons. The van der Waals surface area contributed by atoms with Crippen molar-refractivity contribution >= 4 is 26.7 Å². The van der Waals surface area contributed by atoms with Crippen molar-refractivity contribution in [1.82, 2.24) is 9.88 Å². The normalized spacial score (nSPS) is 11.7. The number of aromatic nitrogens is 1. The van der Waals surface area contributed by atoms with Gasteiger partial charge in [0, 0.05) is 18.7 Å². The van der Waals surface area contributed by atoms with Gasteiger partial charge in [-0.2, -0.15) is 0 Å². The van der Waals surface area contributed by atoms with E-state index in [0.717, 1.165) is 34.9 Å². The van der Waals surface area contributed by atoms with Crippen LogP contribution in [0.25, 0.3) is 10.2 Å². The summed E-state index contributed by atoms with van der Waals surface area (Å²) in [5.41, 5.74) is 0.729. The van der Waals surface area contributed by atoms with E-state index in [0.29, 0.717) is 6.04 Å². The first kappa shape index (κ1) is 14.2. The summed E-state index contributed by atoms with van der Waals surface area (Å²) in [4.78, 5) is 6.69. The number of hydrogen-bond acceptors (Lipinski definition) is 4. The van der Waals surface area contributed by atoms with Crippen LogP contribution in [0.15, 0.2) is 18.2 Å². The van der Waals surface area contributed by atoms with Crippen molar-refractivity contribution in [2.24, 2.45) is 0 Å². The molecule has 1 N–H and O–H groups in total. The second-order valence-corrected chi connectivity index (χ2v) is 6.02. The lowest BCUT2D eigenvalue weighted by Gasteiger charge is -2.20. The van der Waals surface area contributed by atoms with E-state index >= 15 is 0 Å². The molecule has 0 aliphatic heterocycles. The molecule has 19 heavy (non-hydrogen) atoms. The van der Waals surface area contributed by atoms with Gasteiger partial charge in [-0.25, -0.2) is 9.37 Å². The Labute approximate surface area is 117 Å². The van der Waals surface area contributed by atoms with Crippen LogP contribution in [0.3, 0.4) is 0 Å². The van der Waals surface area contributed by atoms with Crippen LogP contribution >= 0.6 is 11.3 Å². The molecule has 0 unspecified atom stereocenters. The number of nitrogens with one attached hydrogen (secondary N) is 1. The summed E-state index contributed by atoms with van der Waals surface area (Å²) in [6, 6.07) is 5.30. The Hall–Kier alpha value is -1.20. The first-order valence-corrected chi connectivity index (χ1v) is 7.38. The highest BCUT2D eigenvalue weighted by atomic mass is 32.1. The van der Waals surface area contributed by atoms with Crippen molar-refractivity contribution in [3.05, 3.63) is 24.0 Å². The van der Waals surface area contributed by atoms with Gasteiger partial charge in [-0.1, -0.05) is 11.3 Å². The van der Waals surface area contributed by atoms with E-state index in [4.69, 9.17) is 0 Å². The maximum Gasteiger partial charge on any atom is 0.183 e. The van der Waals surface area contributed by atoms with E-state index in [1.165, 1.54) is 12.1 Å². The standard InChI is InChI=1S/C14H20FN3S/c1-10(2)18(3)8-4-7-16-14-17-12-9-11(15)5-6-13(12)19-14/h5-6,9-10H,4,7-8H2,1-3H3,(H,16,17). The first-order valence-electron chi connectivity index (χ1n) is 6.56. The van der Waals surface area contributed by atoms with Gasteiger partial charge in [0.1, 0.15) is 5.82 Å². The van der Waals surface area contributed by atoms with E-state index in [1.807, 2.05) is 0 Å². The van der Waals surface area contributed by atoms with Crippen LogP contribution in [-0.4, -0.2) is 36.1 Å². The maximum absolute atomic E-state index is 13.1. The second kappa shape index (κ2) is 6.30. The van der Waals surface area contributed by atoms with Crippen molar-refractivity contribution in [1.29, 1.82) is 0 Å². The zero-order valence-corrected chi connectivity index (χ0v) is 12.4. The number of hydrogen-bond donors (Lipinski definition) is 1. The van der Waals surface area contributed by atoms with Gasteiger partial charge in [-0.05, 0) is 46.0 Å². The van der Waals surface area contributed by atoms with E-state index in [9.17, 15) is 4.39 Å². The summed E-state index contributed by atoms with van der Waals surface area (Å²) in [5.74, 6) is -0.233. The highest BCUT2D eigenvalue weighted by Crippen LogP contribution is 2.26. The Kier molecular flexibility index (Phi) is 4.71. The Balaban J connectivity index is 1.85. The number of rotatable bonds is 6. The van der Waals surface area contributed by atoms with Crippen LogP contribution in [0, 0.1) is 5.82 Å². The second-order valence-electron chi connectivity index (χ2n) is 4.99. The van der Waals surface area contributed by atoms with E-state index < -0.39 is 0 Å². The van der Waals surface area contributed by atoms with Crippen molar-refractivity contribution in [3.8, 4) is 0 Å². The Bertz CT molecular complexity index is 538. The summed E-state index contributed by atoms with van der Waals surface area (Å²) >= 11 is 1.57. The topological polar surface area (TPSA) is 28.2 Å². The van der Waals surface area contributed by atoms with Crippen LogP contribution in [0.1, 0.15) is 20.3 Å². The third-order valence-electron chi connectivity index (χ3n) is 3.19. The van der Waals surface area contributed by atoms with Gasteiger partial charge in [-0.15, -0.1) is 0 Å². The lowest BCUT2D eigenvalue weighted by atomic mass is 10.3. The molecule has 0 saturated carbocycles. The molecule has 0 saturated heterocycles. The Morgan fingerprint density at radius 3 is 2.95 bits per heavy atom. The van der Waals surface area contributed by atoms with Crippen LogP contribution in [-0.2, 0) is 0 Å². The molecular weight excluding hydrogens is 261 g/mol. The minimum Gasteiger partial charge on any atom is -0.361 e. The Morgan fingerprint density at radius 1 is 1.42 bits per heavy atom. The largest absolute Gasteiger partial charge is 0.361 e. The molecular formula is C14H20FN3S. The van der Waals surface area contributed by atoms with Crippen molar-refractivity contribution < 1.29 is 4.39 Å². The third-order valence-corrected chi connectivity index (χ3v) is 4.19. The van der Waals surface area contributed by atoms with Crippen LogP contribution in [0.4, 0.5) is 9.52 Å². The first-order chi connectivity index (χ1) is 9.06. The lowest BCUT2D eigenvalue weighted by Crippen LogP contribution is -2.28. The minimum absolute atomic E-state index is 0.233. The molecule has 0 atom stereocenters. The molecule has 5 heteroatoms. The van der Waals surface area contributed by atoms with E-state index in [2.05, 4.69) is 36.1 Å². The number of halogens is 1. The lowest BCUT2D eigenvalue weighted by molar-refractivity contribution is 0.273. The smallest absolute Gasteiger partial charge is 0.183 e. The molecule has 0 aliphatic rings. The molecule has 1 aromatic heterocycles. The summed E-state index contributed by atoms with van der Waals surface area (Å²) < 4.78 is 14.1. The fourth-order valence-electron chi connectivity index (χ4n) is 1.76. The average Bonchev–Trinajstić information content (AvgIpc) is 2.75. The molecule has 1 aromatic carbocycles. The minimum atomic E-state index is -0.233.